The molecule has 9 heteroatoms. The molecule has 0 radical (unpaired) electrons. The summed E-state index contributed by atoms with van der Waals surface area (Å²) in [6.07, 6.45) is -0.364. The van der Waals surface area contributed by atoms with E-state index in [0.29, 0.717) is 0 Å². The number of ether oxygens (including phenoxy) is 2. The molecule has 1 N–H and O–H groups in total. The highest BCUT2D eigenvalue weighted by atomic mass is 32.2. The Morgan fingerprint density at radius 1 is 1.19 bits per heavy atom. The fraction of sp³-hybridized carbons (Fsp3) is 0.529. The molecule has 1 aliphatic heterocycles. The van der Waals surface area contributed by atoms with E-state index in [1.54, 1.807) is 0 Å². The zero-order valence-electron chi connectivity index (χ0n) is 15.3. The zero-order chi connectivity index (χ0) is 19.5. The number of amides is 1. The number of benzene rings is 1. The number of hydrogen-bond donors (Lipinski definition) is 1. The molecule has 0 aromatic heterocycles. The van der Waals surface area contributed by atoms with E-state index in [-0.39, 0.29) is 35.8 Å². The lowest BCUT2D eigenvalue weighted by molar-refractivity contribution is -0.142. The van der Waals surface area contributed by atoms with Gasteiger partial charge in [0.25, 0.3) is 5.91 Å². The number of sulfonamides is 1. The van der Waals surface area contributed by atoms with Crippen LogP contribution in [-0.4, -0.2) is 63.0 Å². The van der Waals surface area contributed by atoms with E-state index in [1.807, 2.05) is 13.8 Å². The van der Waals surface area contributed by atoms with Crippen LogP contribution in [0.25, 0.3) is 0 Å². The van der Waals surface area contributed by atoms with Crippen LogP contribution in [0.2, 0.25) is 0 Å². The van der Waals surface area contributed by atoms with Crippen LogP contribution in [0.5, 0.6) is 0 Å². The van der Waals surface area contributed by atoms with Crippen molar-refractivity contribution in [3.63, 3.8) is 0 Å². The normalized spacial score (nSPS) is 22.5. The Labute approximate surface area is 153 Å². The van der Waals surface area contributed by atoms with Gasteiger partial charge in [-0.15, -0.1) is 0 Å². The van der Waals surface area contributed by atoms with Gasteiger partial charge in [-0.2, -0.15) is 4.31 Å². The van der Waals surface area contributed by atoms with Gasteiger partial charge in [0.05, 0.1) is 24.2 Å². The molecule has 0 saturated carbocycles. The SMILES string of the molecule is COC(=O)[C@@H](C)NC(=O)c1ccc(S(=O)(=O)N2C[C@@H](C)O[C@@H](C)C2)cc1. The van der Waals surface area contributed by atoms with E-state index in [0.717, 1.165) is 0 Å². The van der Waals surface area contributed by atoms with E-state index < -0.39 is 27.9 Å². The van der Waals surface area contributed by atoms with Crippen LogP contribution in [0.15, 0.2) is 29.2 Å². The Kier molecular flexibility index (Phi) is 6.38. The smallest absolute Gasteiger partial charge is 0.328 e. The van der Waals surface area contributed by atoms with Gasteiger partial charge in [0.2, 0.25) is 10.0 Å². The van der Waals surface area contributed by atoms with Crippen LogP contribution in [0.1, 0.15) is 31.1 Å². The van der Waals surface area contributed by atoms with Crippen molar-refractivity contribution in [2.24, 2.45) is 0 Å². The molecule has 1 aromatic carbocycles. The third-order valence-corrected chi connectivity index (χ3v) is 5.89. The van der Waals surface area contributed by atoms with Crippen LogP contribution < -0.4 is 5.32 Å². The summed E-state index contributed by atoms with van der Waals surface area (Å²) in [6, 6.07) is 4.81. The minimum Gasteiger partial charge on any atom is -0.467 e. The maximum Gasteiger partial charge on any atom is 0.328 e. The van der Waals surface area contributed by atoms with Crippen LogP contribution in [0.4, 0.5) is 0 Å². The van der Waals surface area contributed by atoms with Crippen molar-refractivity contribution in [2.75, 3.05) is 20.2 Å². The Balaban J connectivity index is 2.13. The van der Waals surface area contributed by atoms with Gasteiger partial charge in [-0.1, -0.05) is 0 Å². The summed E-state index contributed by atoms with van der Waals surface area (Å²) >= 11 is 0. The molecule has 1 heterocycles. The molecule has 1 aromatic rings. The third-order valence-electron chi connectivity index (χ3n) is 4.04. The number of nitrogens with one attached hydrogen (secondary N) is 1. The minimum absolute atomic E-state index is 0.108. The summed E-state index contributed by atoms with van der Waals surface area (Å²) in [5, 5.41) is 2.49. The number of carbonyl (C=O) groups excluding carboxylic acids is 2. The quantitative estimate of drug-likeness (QED) is 0.753. The zero-order valence-corrected chi connectivity index (χ0v) is 16.1. The molecule has 1 aliphatic rings. The monoisotopic (exact) mass is 384 g/mol. The standard InChI is InChI=1S/C17H24N2O6S/c1-11-9-19(10-12(2)25-11)26(22,23)15-7-5-14(6-8-15)16(20)18-13(3)17(21)24-4/h5-8,11-13H,9-10H2,1-4H3,(H,18,20)/t11-,12+,13-/m1/s1. The first kappa shape index (κ1) is 20.3. The summed E-state index contributed by atoms with van der Waals surface area (Å²) in [7, 11) is -2.43. The van der Waals surface area contributed by atoms with Gasteiger partial charge in [-0.25, -0.2) is 13.2 Å². The van der Waals surface area contributed by atoms with Crippen molar-refractivity contribution in [3.8, 4) is 0 Å². The highest BCUT2D eigenvalue weighted by Crippen LogP contribution is 2.21. The van der Waals surface area contributed by atoms with Crippen molar-refractivity contribution in [1.29, 1.82) is 0 Å². The molecular formula is C17H24N2O6S. The number of nitrogens with zero attached hydrogens (tertiary/aromatic N) is 1. The Morgan fingerprint density at radius 2 is 1.73 bits per heavy atom. The van der Waals surface area contributed by atoms with E-state index >= 15 is 0 Å². The molecule has 1 fully saturated rings. The van der Waals surface area contributed by atoms with Crippen molar-refractivity contribution in [1.82, 2.24) is 9.62 Å². The largest absolute Gasteiger partial charge is 0.467 e. The fourth-order valence-electron chi connectivity index (χ4n) is 2.77. The van der Waals surface area contributed by atoms with Crippen LogP contribution in [0, 0.1) is 0 Å². The van der Waals surface area contributed by atoms with E-state index in [4.69, 9.17) is 4.74 Å². The summed E-state index contributed by atoms with van der Waals surface area (Å²) in [5.74, 6) is -1.05. The Bertz CT molecular complexity index is 752. The van der Waals surface area contributed by atoms with Crippen molar-refractivity contribution < 1.29 is 27.5 Å². The van der Waals surface area contributed by atoms with E-state index in [9.17, 15) is 18.0 Å². The average Bonchev–Trinajstić information content (AvgIpc) is 2.60. The molecule has 0 spiro atoms. The number of methoxy groups -OCH3 is 1. The van der Waals surface area contributed by atoms with Crippen molar-refractivity contribution in [3.05, 3.63) is 29.8 Å². The van der Waals surface area contributed by atoms with Gasteiger partial charge in [0, 0.05) is 18.7 Å². The molecule has 0 aliphatic carbocycles. The van der Waals surface area contributed by atoms with Crippen LogP contribution in [-0.2, 0) is 24.3 Å². The van der Waals surface area contributed by atoms with Gasteiger partial charge in [0.15, 0.2) is 0 Å². The number of rotatable bonds is 5. The first-order valence-electron chi connectivity index (χ1n) is 8.29. The molecule has 2 rings (SSSR count). The fourth-order valence-corrected chi connectivity index (χ4v) is 4.36. The number of esters is 1. The number of carbonyl (C=O) groups is 2. The van der Waals surface area contributed by atoms with Crippen molar-refractivity contribution >= 4 is 21.9 Å². The predicted molar refractivity (Wildman–Crippen MR) is 94.2 cm³/mol. The van der Waals surface area contributed by atoms with Gasteiger partial charge in [0.1, 0.15) is 6.04 Å². The lowest BCUT2D eigenvalue weighted by Crippen LogP contribution is -2.48. The second-order valence-corrected chi connectivity index (χ2v) is 8.26. The maximum atomic E-state index is 12.8. The summed E-state index contributed by atoms with van der Waals surface area (Å²) in [6.45, 7) is 5.72. The molecule has 3 atom stereocenters. The predicted octanol–water partition coefficient (Wildman–Crippen LogP) is 0.776. The molecule has 0 bridgehead atoms. The van der Waals surface area contributed by atoms with E-state index in [1.165, 1.54) is 42.6 Å². The topological polar surface area (TPSA) is 102 Å². The second-order valence-electron chi connectivity index (χ2n) is 6.32. The highest BCUT2D eigenvalue weighted by molar-refractivity contribution is 7.89. The summed E-state index contributed by atoms with van der Waals surface area (Å²) in [4.78, 5) is 23.6. The minimum atomic E-state index is -3.66. The molecule has 26 heavy (non-hydrogen) atoms. The molecule has 8 nitrogen and oxygen atoms in total. The average molecular weight is 384 g/mol. The number of morpholine rings is 1. The maximum absolute atomic E-state index is 12.8. The molecule has 144 valence electrons. The molecule has 0 unspecified atom stereocenters. The van der Waals surface area contributed by atoms with Crippen molar-refractivity contribution in [2.45, 2.75) is 43.9 Å². The van der Waals surface area contributed by atoms with Gasteiger partial charge >= 0.3 is 5.97 Å². The third kappa shape index (κ3) is 4.60. The van der Waals surface area contributed by atoms with Crippen LogP contribution >= 0.6 is 0 Å². The second kappa shape index (κ2) is 8.15. The number of hydrogen-bond acceptors (Lipinski definition) is 6. The summed E-state index contributed by atoms with van der Waals surface area (Å²) in [5.41, 5.74) is 0.253. The van der Waals surface area contributed by atoms with Crippen LogP contribution in [0.3, 0.4) is 0 Å². The highest BCUT2D eigenvalue weighted by Gasteiger charge is 2.32. The Morgan fingerprint density at radius 3 is 2.23 bits per heavy atom. The van der Waals surface area contributed by atoms with Gasteiger partial charge < -0.3 is 14.8 Å². The lowest BCUT2D eigenvalue weighted by Gasteiger charge is -2.34. The van der Waals surface area contributed by atoms with E-state index in [2.05, 4.69) is 10.1 Å². The molecular weight excluding hydrogens is 360 g/mol. The molecule has 1 saturated heterocycles. The summed E-state index contributed by atoms with van der Waals surface area (Å²) < 4.78 is 37.1. The Hall–Kier alpha value is -1.97. The van der Waals surface area contributed by atoms with Gasteiger partial charge in [-0.05, 0) is 45.0 Å². The first-order valence-corrected chi connectivity index (χ1v) is 9.73. The lowest BCUT2D eigenvalue weighted by atomic mass is 10.2. The molecule has 1 amide bonds. The first-order chi connectivity index (χ1) is 12.1. The van der Waals surface area contributed by atoms with Gasteiger partial charge in [-0.3, -0.25) is 4.79 Å².